The van der Waals surface area contributed by atoms with E-state index in [0.29, 0.717) is 30.2 Å². The third kappa shape index (κ3) is 3.58. The van der Waals surface area contributed by atoms with Crippen molar-refractivity contribution in [2.45, 2.75) is 38.7 Å². The van der Waals surface area contributed by atoms with Crippen LogP contribution in [-0.2, 0) is 32.7 Å². The monoisotopic (exact) mass is 420 g/mol. The van der Waals surface area contributed by atoms with E-state index in [1.54, 1.807) is 6.07 Å². The van der Waals surface area contributed by atoms with Gasteiger partial charge in [-0.15, -0.1) is 10.2 Å². The third-order valence-electron chi connectivity index (χ3n) is 5.76. The summed E-state index contributed by atoms with van der Waals surface area (Å²) in [5, 5.41) is 15.2. The Labute approximate surface area is 180 Å². The van der Waals surface area contributed by atoms with Crippen molar-refractivity contribution in [3.63, 3.8) is 0 Å². The molecule has 1 aromatic heterocycles. The molecule has 0 saturated heterocycles. The molecule has 0 amide bonds. The molecule has 2 aromatic carbocycles. The molecule has 1 aliphatic rings. The number of aromatic nitrogens is 4. The second-order valence-corrected chi connectivity index (χ2v) is 8.18. The lowest BCUT2D eigenvalue weighted by Gasteiger charge is -2.40. The van der Waals surface area contributed by atoms with Gasteiger partial charge in [0.25, 0.3) is 6.47 Å². The van der Waals surface area contributed by atoms with Gasteiger partial charge in [0, 0.05) is 0 Å². The molecule has 0 bridgehead atoms. The Morgan fingerprint density at radius 2 is 1.94 bits per heavy atom. The van der Waals surface area contributed by atoms with Crippen LogP contribution in [0.2, 0.25) is 0 Å². The van der Waals surface area contributed by atoms with E-state index >= 15 is 0 Å². The summed E-state index contributed by atoms with van der Waals surface area (Å²) in [6, 6.07) is 11.7. The standard InChI is InChI=1S/C23H24N4O4/c1-14(2)11-23(22-24-26-27-25-22)19-6-4-15(12-31-13-28)8-17(19)10-18-9-16(21(29)30-3)5-7-20(18)23/h4-9,13-14H,10-12H2,1-3H3,(H,24,25,26,27). The zero-order chi connectivity index (χ0) is 22.0. The number of H-pyrrole nitrogens is 1. The average molecular weight is 420 g/mol. The topological polar surface area (TPSA) is 107 Å². The first-order valence-electron chi connectivity index (χ1n) is 10.1. The number of methoxy groups -OCH3 is 1. The maximum absolute atomic E-state index is 12.2. The second kappa shape index (κ2) is 8.29. The largest absolute Gasteiger partial charge is 0.465 e. The van der Waals surface area contributed by atoms with Gasteiger partial charge in [-0.05, 0) is 58.7 Å². The molecule has 0 spiro atoms. The number of rotatable bonds is 7. The van der Waals surface area contributed by atoms with Crippen molar-refractivity contribution in [3.8, 4) is 0 Å². The predicted octanol–water partition coefficient (Wildman–Crippen LogP) is 2.94. The normalized spacial score (nSPS) is 17.0. The zero-order valence-corrected chi connectivity index (χ0v) is 17.7. The van der Waals surface area contributed by atoms with Crippen molar-refractivity contribution >= 4 is 12.4 Å². The number of ether oxygens (including phenoxy) is 2. The molecule has 3 aromatic rings. The predicted molar refractivity (Wildman–Crippen MR) is 111 cm³/mol. The maximum atomic E-state index is 12.2. The molecule has 1 unspecified atom stereocenters. The van der Waals surface area contributed by atoms with Crippen LogP contribution >= 0.6 is 0 Å². The van der Waals surface area contributed by atoms with E-state index in [-0.39, 0.29) is 12.6 Å². The fourth-order valence-electron chi connectivity index (χ4n) is 4.69. The summed E-state index contributed by atoms with van der Waals surface area (Å²) < 4.78 is 9.87. The Hall–Kier alpha value is -3.55. The van der Waals surface area contributed by atoms with Gasteiger partial charge in [0.05, 0.1) is 18.1 Å². The van der Waals surface area contributed by atoms with Crippen molar-refractivity contribution in [1.29, 1.82) is 0 Å². The van der Waals surface area contributed by atoms with Crippen LogP contribution in [0.4, 0.5) is 0 Å². The highest BCUT2D eigenvalue weighted by Crippen LogP contribution is 2.49. The van der Waals surface area contributed by atoms with Crippen molar-refractivity contribution < 1.29 is 19.1 Å². The number of nitrogens with one attached hydrogen (secondary N) is 1. The molecule has 8 nitrogen and oxygen atoms in total. The SMILES string of the molecule is COC(=O)c1ccc2c(c1)Cc1cc(COC=O)ccc1C2(CC(C)C)c1nn[nH]n1. The Morgan fingerprint density at radius 1 is 1.19 bits per heavy atom. The third-order valence-corrected chi connectivity index (χ3v) is 5.76. The summed E-state index contributed by atoms with van der Waals surface area (Å²) in [6.45, 7) is 4.96. The number of aromatic amines is 1. The fraction of sp³-hybridized carbons (Fsp3) is 0.348. The van der Waals surface area contributed by atoms with Gasteiger partial charge in [-0.1, -0.05) is 43.3 Å². The molecule has 0 saturated carbocycles. The summed E-state index contributed by atoms with van der Waals surface area (Å²) in [5.41, 5.74) is 5.00. The lowest BCUT2D eigenvalue weighted by Crippen LogP contribution is -2.37. The van der Waals surface area contributed by atoms with Crippen LogP contribution in [-0.4, -0.2) is 40.2 Å². The van der Waals surface area contributed by atoms with Gasteiger partial charge in [0.15, 0.2) is 5.82 Å². The second-order valence-electron chi connectivity index (χ2n) is 8.18. The first kappa shape index (κ1) is 20.7. The fourth-order valence-corrected chi connectivity index (χ4v) is 4.69. The first-order valence-corrected chi connectivity index (χ1v) is 10.1. The summed E-state index contributed by atoms with van der Waals surface area (Å²) in [6.07, 6.45) is 1.39. The molecule has 1 heterocycles. The quantitative estimate of drug-likeness (QED) is 0.462. The van der Waals surface area contributed by atoms with E-state index in [2.05, 4.69) is 40.5 Å². The van der Waals surface area contributed by atoms with Crippen molar-refractivity contribution in [2.24, 2.45) is 5.92 Å². The molecule has 0 radical (unpaired) electrons. The molecule has 1 aliphatic carbocycles. The van der Waals surface area contributed by atoms with Gasteiger partial charge in [0.1, 0.15) is 6.61 Å². The van der Waals surface area contributed by atoms with Crippen molar-refractivity contribution in [1.82, 2.24) is 20.6 Å². The molecule has 31 heavy (non-hydrogen) atoms. The number of esters is 1. The van der Waals surface area contributed by atoms with Crippen LogP contribution in [0.1, 0.15) is 64.3 Å². The number of carbonyl (C=O) groups excluding carboxylic acids is 2. The number of fused-ring (bicyclic) bond motifs is 2. The highest BCUT2D eigenvalue weighted by Gasteiger charge is 2.46. The molecule has 0 aliphatic heterocycles. The van der Waals surface area contributed by atoms with Crippen LogP contribution in [0, 0.1) is 5.92 Å². The van der Waals surface area contributed by atoms with E-state index in [9.17, 15) is 9.59 Å². The molecule has 0 fully saturated rings. The Kier molecular flexibility index (Phi) is 5.54. The molecule has 4 rings (SSSR count). The number of benzene rings is 2. The lowest BCUT2D eigenvalue weighted by molar-refractivity contribution is -0.129. The first-order chi connectivity index (χ1) is 15.0. The zero-order valence-electron chi connectivity index (χ0n) is 17.7. The van der Waals surface area contributed by atoms with E-state index < -0.39 is 5.41 Å². The van der Waals surface area contributed by atoms with E-state index in [0.717, 1.165) is 34.2 Å². The Balaban J connectivity index is 1.97. The number of hydrogen-bond acceptors (Lipinski definition) is 7. The summed E-state index contributed by atoms with van der Waals surface area (Å²) >= 11 is 0. The highest BCUT2D eigenvalue weighted by atomic mass is 16.5. The van der Waals surface area contributed by atoms with Crippen LogP contribution in [0.3, 0.4) is 0 Å². The maximum Gasteiger partial charge on any atom is 0.337 e. The van der Waals surface area contributed by atoms with Gasteiger partial charge in [0.2, 0.25) is 0 Å². The molecule has 1 atom stereocenters. The van der Waals surface area contributed by atoms with Crippen molar-refractivity contribution in [3.05, 3.63) is 75.6 Å². The minimum Gasteiger partial charge on any atom is -0.465 e. The van der Waals surface area contributed by atoms with Gasteiger partial charge in [-0.3, -0.25) is 4.79 Å². The van der Waals surface area contributed by atoms with Gasteiger partial charge < -0.3 is 9.47 Å². The Morgan fingerprint density at radius 3 is 2.58 bits per heavy atom. The van der Waals surface area contributed by atoms with E-state index in [4.69, 9.17) is 9.47 Å². The van der Waals surface area contributed by atoms with Crippen LogP contribution in [0.15, 0.2) is 36.4 Å². The molecule has 1 N–H and O–H groups in total. The number of hydrogen-bond donors (Lipinski definition) is 1. The highest BCUT2D eigenvalue weighted by molar-refractivity contribution is 5.90. The number of tetrazole rings is 1. The van der Waals surface area contributed by atoms with Crippen LogP contribution in [0.25, 0.3) is 0 Å². The van der Waals surface area contributed by atoms with Gasteiger partial charge in [-0.2, -0.15) is 5.21 Å². The van der Waals surface area contributed by atoms with Crippen LogP contribution < -0.4 is 0 Å². The summed E-state index contributed by atoms with van der Waals surface area (Å²) in [4.78, 5) is 22.8. The smallest absolute Gasteiger partial charge is 0.337 e. The lowest BCUT2D eigenvalue weighted by atomic mass is 9.62. The van der Waals surface area contributed by atoms with Crippen LogP contribution in [0.5, 0.6) is 0 Å². The summed E-state index contributed by atoms with van der Waals surface area (Å²) in [5.74, 6) is 0.539. The van der Waals surface area contributed by atoms with E-state index in [1.165, 1.54) is 7.11 Å². The molecular formula is C23H24N4O4. The van der Waals surface area contributed by atoms with Gasteiger partial charge >= 0.3 is 5.97 Å². The Bertz CT molecular complexity index is 1110. The van der Waals surface area contributed by atoms with Gasteiger partial charge in [-0.25, -0.2) is 4.79 Å². The molecule has 160 valence electrons. The number of nitrogens with zero attached hydrogens (tertiary/aromatic N) is 3. The minimum absolute atomic E-state index is 0.200. The summed E-state index contributed by atoms with van der Waals surface area (Å²) in [7, 11) is 1.37. The molecular weight excluding hydrogens is 396 g/mol. The number of carbonyl (C=O) groups is 2. The van der Waals surface area contributed by atoms with Crippen molar-refractivity contribution in [2.75, 3.05) is 7.11 Å². The molecule has 8 heteroatoms. The van der Waals surface area contributed by atoms with E-state index in [1.807, 2.05) is 24.3 Å². The average Bonchev–Trinajstić information content (AvgIpc) is 3.31. The minimum atomic E-state index is -0.622.